The quantitative estimate of drug-likeness (QED) is 0.642. The largest absolute Gasteiger partial charge is 0.495 e. The molecule has 3 rings (SSSR count). The maximum Gasteiger partial charge on any atom is 0.353 e. The van der Waals surface area contributed by atoms with E-state index >= 15 is 0 Å². The molecule has 1 aromatic carbocycles. The van der Waals surface area contributed by atoms with Crippen LogP contribution in [-0.4, -0.2) is 60.1 Å². The maximum atomic E-state index is 11.8. The molecule has 2 aromatic rings. The average molecular weight is 358 g/mol. The van der Waals surface area contributed by atoms with Gasteiger partial charge in [0.15, 0.2) is 0 Å². The van der Waals surface area contributed by atoms with Crippen LogP contribution in [0.5, 0.6) is 5.75 Å². The zero-order chi connectivity index (χ0) is 18.7. The lowest BCUT2D eigenvalue weighted by atomic mass is 10.2. The van der Waals surface area contributed by atoms with Gasteiger partial charge in [0.2, 0.25) is 11.6 Å². The van der Waals surface area contributed by atoms with Gasteiger partial charge < -0.3 is 19.9 Å². The number of nitro groups is 1. The molecule has 0 spiro atoms. The Bertz CT molecular complexity index is 805. The monoisotopic (exact) mass is 358 g/mol. The summed E-state index contributed by atoms with van der Waals surface area (Å²) >= 11 is 0. The van der Waals surface area contributed by atoms with Gasteiger partial charge in [-0.15, -0.1) is 0 Å². The first-order chi connectivity index (χ1) is 12.5. The van der Waals surface area contributed by atoms with Crippen LogP contribution in [0.4, 0.5) is 23.0 Å². The van der Waals surface area contributed by atoms with E-state index in [2.05, 4.69) is 20.2 Å². The van der Waals surface area contributed by atoms with Crippen LogP contribution in [0.1, 0.15) is 5.56 Å². The smallest absolute Gasteiger partial charge is 0.353 e. The van der Waals surface area contributed by atoms with Crippen molar-refractivity contribution in [2.45, 2.75) is 6.92 Å². The number of methoxy groups -OCH3 is 1. The lowest BCUT2D eigenvalue weighted by Crippen LogP contribution is -2.45. The van der Waals surface area contributed by atoms with Crippen molar-refractivity contribution in [3.05, 3.63) is 40.2 Å². The Labute approximate surface area is 151 Å². The van der Waals surface area contributed by atoms with Crippen molar-refractivity contribution in [1.29, 1.82) is 0 Å². The van der Waals surface area contributed by atoms with Gasteiger partial charge >= 0.3 is 5.69 Å². The topological polar surface area (TPSA) is 96.7 Å². The second-order valence-electron chi connectivity index (χ2n) is 6.27. The van der Waals surface area contributed by atoms with E-state index in [9.17, 15) is 10.1 Å². The van der Waals surface area contributed by atoms with E-state index in [0.29, 0.717) is 30.3 Å². The van der Waals surface area contributed by atoms with Gasteiger partial charge in [-0.3, -0.25) is 10.1 Å². The van der Waals surface area contributed by atoms with Gasteiger partial charge in [0.1, 0.15) is 12.1 Å². The first kappa shape index (κ1) is 17.9. The van der Waals surface area contributed by atoms with Gasteiger partial charge in [-0.1, -0.05) is 6.07 Å². The predicted octanol–water partition coefficient (Wildman–Crippen LogP) is 2.20. The Morgan fingerprint density at radius 3 is 2.62 bits per heavy atom. The molecule has 2 heterocycles. The molecular formula is C17H22N6O3. The SMILES string of the molecule is COc1ccc(C)cc1Nc1ncnc(N2CCN(C)CC2)c1[N+](=O)[O-]. The van der Waals surface area contributed by atoms with E-state index in [1.807, 2.05) is 37.1 Å². The predicted molar refractivity (Wildman–Crippen MR) is 99.4 cm³/mol. The summed E-state index contributed by atoms with van der Waals surface area (Å²) in [6.07, 6.45) is 1.35. The molecule has 0 aliphatic carbocycles. The van der Waals surface area contributed by atoms with Gasteiger partial charge in [0.25, 0.3) is 0 Å². The van der Waals surface area contributed by atoms with Crippen molar-refractivity contribution in [2.75, 3.05) is 50.6 Å². The second kappa shape index (κ2) is 7.52. The van der Waals surface area contributed by atoms with Crippen LogP contribution in [0.25, 0.3) is 0 Å². The summed E-state index contributed by atoms with van der Waals surface area (Å²) in [5.74, 6) is 1.08. The third-order valence-corrected chi connectivity index (χ3v) is 4.40. The molecule has 138 valence electrons. The highest BCUT2D eigenvalue weighted by Gasteiger charge is 2.29. The summed E-state index contributed by atoms with van der Waals surface area (Å²) in [6, 6.07) is 5.58. The molecule has 1 N–H and O–H groups in total. The molecule has 9 nitrogen and oxygen atoms in total. The summed E-state index contributed by atoms with van der Waals surface area (Å²) in [5, 5.41) is 14.8. The fourth-order valence-electron chi connectivity index (χ4n) is 2.93. The van der Waals surface area contributed by atoms with Crippen molar-refractivity contribution in [3.8, 4) is 5.75 Å². The molecule has 1 aliphatic rings. The Kier molecular flexibility index (Phi) is 5.17. The number of nitrogens with one attached hydrogen (secondary N) is 1. The van der Waals surface area contributed by atoms with E-state index in [4.69, 9.17) is 4.74 Å². The Morgan fingerprint density at radius 2 is 1.96 bits per heavy atom. The Balaban J connectivity index is 1.99. The van der Waals surface area contributed by atoms with E-state index in [1.165, 1.54) is 6.33 Å². The van der Waals surface area contributed by atoms with Gasteiger partial charge in [0, 0.05) is 26.2 Å². The Morgan fingerprint density at radius 1 is 1.23 bits per heavy atom. The minimum Gasteiger partial charge on any atom is -0.495 e. The van der Waals surface area contributed by atoms with E-state index in [0.717, 1.165) is 18.7 Å². The molecule has 0 atom stereocenters. The number of ether oxygens (including phenoxy) is 1. The second-order valence-corrected chi connectivity index (χ2v) is 6.27. The normalized spacial score (nSPS) is 15.0. The third-order valence-electron chi connectivity index (χ3n) is 4.40. The minimum absolute atomic E-state index is 0.124. The zero-order valence-corrected chi connectivity index (χ0v) is 15.1. The van der Waals surface area contributed by atoms with E-state index < -0.39 is 4.92 Å². The van der Waals surface area contributed by atoms with Crippen LogP contribution >= 0.6 is 0 Å². The fraction of sp³-hybridized carbons (Fsp3) is 0.412. The zero-order valence-electron chi connectivity index (χ0n) is 15.1. The highest BCUT2D eigenvalue weighted by Crippen LogP contribution is 2.36. The molecule has 26 heavy (non-hydrogen) atoms. The summed E-state index contributed by atoms with van der Waals surface area (Å²) < 4.78 is 5.34. The third kappa shape index (κ3) is 3.67. The van der Waals surface area contributed by atoms with E-state index in [1.54, 1.807) is 7.11 Å². The van der Waals surface area contributed by atoms with Gasteiger partial charge in [-0.05, 0) is 31.7 Å². The van der Waals surface area contributed by atoms with Gasteiger partial charge in [-0.2, -0.15) is 0 Å². The number of piperazine rings is 1. The number of aryl methyl sites for hydroxylation is 1. The first-order valence-corrected chi connectivity index (χ1v) is 8.34. The first-order valence-electron chi connectivity index (χ1n) is 8.34. The lowest BCUT2D eigenvalue weighted by molar-refractivity contribution is -0.383. The molecule has 1 fully saturated rings. The highest BCUT2D eigenvalue weighted by molar-refractivity contribution is 5.76. The maximum absolute atomic E-state index is 11.8. The number of hydrogen-bond donors (Lipinski definition) is 1. The molecule has 0 saturated carbocycles. The summed E-state index contributed by atoms with van der Waals surface area (Å²) in [7, 11) is 3.59. The van der Waals surface area contributed by atoms with Crippen molar-refractivity contribution >= 4 is 23.0 Å². The molecule has 0 bridgehead atoms. The van der Waals surface area contributed by atoms with Crippen LogP contribution in [-0.2, 0) is 0 Å². The van der Waals surface area contributed by atoms with E-state index in [-0.39, 0.29) is 11.5 Å². The molecule has 0 unspecified atom stereocenters. The summed E-state index contributed by atoms with van der Waals surface area (Å²) in [5.41, 5.74) is 1.50. The molecular weight excluding hydrogens is 336 g/mol. The molecule has 1 saturated heterocycles. The van der Waals surface area contributed by atoms with Gasteiger partial charge in [0.05, 0.1) is 17.7 Å². The van der Waals surface area contributed by atoms with Crippen molar-refractivity contribution in [3.63, 3.8) is 0 Å². The fourth-order valence-corrected chi connectivity index (χ4v) is 2.93. The molecule has 1 aromatic heterocycles. The molecule has 0 amide bonds. The van der Waals surface area contributed by atoms with Crippen molar-refractivity contribution < 1.29 is 9.66 Å². The summed E-state index contributed by atoms with van der Waals surface area (Å²) in [6.45, 7) is 4.96. The van der Waals surface area contributed by atoms with Crippen LogP contribution in [0.3, 0.4) is 0 Å². The highest BCUT2D eigenvalue weighted by atomic mass is 16.6. The van der Waals surface area contributed by atoms with Crippen LogP contribution in [0, 0.1) is 17.0 Å². The molecule has 1 aliphatic heterocycles. The molecule has 0 radical (unpaired) electrons. The number of aromatic nitrogens is 2. The number of benzene rings is 1. The molecule has 9 heteroatoms. The number of hydrogen-bond acceptors (Lipinski definition) is 8. The van der Waals surface area contributed by atoms with Crippen LogP contribution in [0.15, 0.2) is 24.5 Å². The van der Waals surface area contributed by atoms with Crippen LogP contribution < -0.4 is 15.0 Å². The average Bonchev–Trinajstić information content (AvgIpc) is 2.62. The number of nitrogens with zero attached hydrogens (tertiary/aromatic N) is 5. The number of anilines is 3. The minimum atomic E-state index is -0.432. The van der Waals surface area contributed by atoms with Crippen LogP contribution in [0.2, 0.25) is 0 Å². The van der Waals surface area contributed by atoms with Gasteiger partial charge in [-0.25, -0.2) is 9.97 Å². The number of likely N-dealkylation sites (N-methyl/N-ethyl adjacent to an activating group) is 1. The van der Waals surface area contributed by atoms with Crippen molar-refractivity contribution in [1.82, 2.24) is 14.9 Å². The Hall–Kier alpha value is -2.94. The van der Waals surface area contributed by atoms with Crippen molar-refractivity contribution in [2.24, 2.45) is 0 Å². The lowest BCUT2D eigenvalue weighted by Gasteiger charge is -2.32. The number of rotatable bonds is 5. The summed E-state index contributed by atoms with van der Waals surface area (Å²) in [4.78, 5) is 23.8. The standard InChI is InChI=1S/C17H22N6O3/c1-12-4-5-14(26-3)13(10-12)20-16-15(23(24)25)17(19-11-18-16)22-8-6-21(2)7-9-22/h4-5,10-11H,6-9H2,1-3H3,(H,18,19,20).